The highest BCUT2D eigenvalue weighted by Gasteiger charge is 2.35. The average molecular weight is 314 g/mol. The summed E-state index contributed by atoms with van der Waals surface area (Å²) in [6.07, 6.45) is 3.10. The Morgan fingerprint density at radius 3 is 2.67 bits per heavy atom. The van der Waals surface area contributed by atoms with Gasteiger partial charge in [0.25, 0.3) is 10.0 Å². The Morgan fingerprint density at radius 2 is 2.05 bits per heavy atom. The highest BCUT2D eigenvalue weighted by molar-refractivity contribution is 7.89. The second kappa shape index (κ2) is 6.94. The van der Waals surface area contributed by atoms with E-state index in [1.165, 1.54) is 6.07 Å². The molecule has 3 atom stereocenters. The van der Waals surface area contributed by atoms with Gasteiger partial charge in [-0.25, -0.2) is 13.1 Å². The first-order valence-electron chi connectivity index (χ1n) is 7.79. The Hall–Kier alpha value is -0.850. The van der Waals surface area contributed by atoms with Gasteiger partial charge in [-0.05, 0) is 43.4 Å². The largest absolute Gasteiger partial charge is 0.447 e. The van der Waals surface area contributed by atoms with Crippen molar-refractivity contribution in [1.82, 2.24) is 10.0 Å². The van der Waals surface area contributed by atoms with Crippen molar-refractivity contribution in [3.8, 4) is 0 Å². The lowest BCUT2D eigenvalue weighted by Crippen LogP contribution is -2.37. The van der Waals surface area contributed by atoms with E-state index in [4.69, 9.17) is 4.42 Å². The van der Waals surface area contributed by atoms with Gasteiger partial charge in [-0.3, -0.25) is 0 Å². The van der Waals surface area contributed by atoms with Crippen molar-refractivity contribution >= 4 is 10.0 Å². The highest BCUT2D eigenvalue weighted by atomic mass is 32.2. The Morgan fingerprint density at radius 1 is 1.29 bits per heavy atom. The molecule has 3 unspecified atom stereocenters. The normalized spacial score (nSPS) is 26.3. The fourth-order valence-electron chi connectivity index (χ4n) is 3.09. The lowest BCUT2D eigenvalue weighted by molar-refractivity contribution is 0.362. The molecule has 120 valence electrons. The second-order valence-corrected chi connectivity index (χ2v) is 7.48. The zero-order valence-corrected chi connectivity index (χ0v) is 13.9. The van der Waals surface area contributed by atoms with E-state index in [-0.39, 0.29) is 11.1 Å². The molecule has 1 heterocycles. The molecule has 1 saturated carbocycles. The topological polar surface area (TPSA) is 71.3 Å². The van der Waals surface area contributed by atoms with Crippen LogP contribution < -0.4 is 10.0 Å². The molecule has 1 aromatic rings. The summed E-state index contributed by atoms with van der Waals surface area (Å²) in [4.78, 5) is 0. The van der Waals surface area contributed by atoms with E-state index in [1.54, 1.807) is 6.07 Å². The maximum Gasteiger partial charge on any atom is 0.274 e. The van der Waals surface area contributed by atoms with Crippen LogP contribution in [0.3, 0.4) is 0 Å². The van der Waals surface area contributed by atoms with E-state index in [1.807, 2.05) is 6.92 Å². The van der Waals surface area contributed by atoms with Crippen molar-refractivity contribution in [2.45, 2.75) is 57.7 Å². The van der Waals surface area contributed by atoms with Gasteiger partial charge in [0.2, 0.25) is 5.09 Å². The SMILES string of the molecule is CCNCc1ccc(S(=O)(=O)NC2CCC(CC)C2C)o1. The predicted octanol–water partition coefficient (Wildman–Crippen LogP) is 2.49. The van der Waals surface area contributed by atoms with Gasteiger partial charge in [0.15, 0.2) is 0 Å². The average Bonchev–Trinajstić information content (AvgIpc) is 3.05. The standard InChI is InChI=1S/C15H26N2O3S/c1-4-12-6-8-14(11(12)3)17-21(18,19)15-9-7-13(20-15)10-16-5-2/h7,9,11-12,14,16-17H,4-6,8,10H2,1-3H3. The van der Waals surface area contributed by atoms with E-state index in [9.17, 15) is 8.42 Å². The minimum absolute atomic E-state index is 0.0160. The number of nitrogens with one attached hydrogen (secondary N) is 2. The van der Waals surface area contributed by atoms with Gasteiger partial charge < -0.3 is 9.73 Å². The predicted molar refractivity (Wildman–Crippen MR) is 82.4 cm³/mol. The van der Waals surface area contributed by atoms with E-state index < -0.39 is 10.0 Å². The minimum Gasteiger partial charge on any atom is -0.447 e. The fourth-order valence-corrected chi connectivity index (χ4v) is 4.40. The number of furan rings is 1. The molecule has 1 aromatic heterocycles. The van der Waals surface area contributed by atoms with E-state index in [2.05, 4.69) is 23.9 Å². The molecule has 0 bridgehead atoms. The summed E-state index contributed by atoms with van der Waals surface area (Å²) in [5.41, 5.74) is 0. The van der Waals surface area contributed by atoms with Crippen molar-refractivity contribution in [2.24, 2.45) is 11.8 Å². The van der Waals surface area contributed by atoms with Gasteiger partial charge in [-0.2, -0.15) is 0 Å². The molecule has 2 rings (SSSR count). The fraction of sp³-hybridized carbons (Fsp3) is 0.733. The number of rotatable bonds is 7. The third-order valence-corrected chi connectivity index (χ3v) is 5.87. The van der Waals surface area contributed by atoms with Crippen molar-refractivity contribution in [2.75, 3.05) is 6.54 Å². The van der Waals surface area contributed by atoms with Crippen LogP contribution in [0.25, 0.3) is 0 Å². The van der Waals surface area contributed by atoms with Gasteiger partial charge in [0.05, 0.1) is 6.54 Å². The van der Waals surface area contributed by atoms with Crippen LogP contribution in [0.4, 0.5) is 0 Å². The van der Waals surface area contributed by atoms with Crippen LogP contribution in [0.2, 0.25) is 0 Å². The maximum atomic E-state index is 12.4. The van der Waals surface area contributed by atoms with Crippen LogP contribution in [0.5, 0.6) is 0 Å². The van der Waals surface area contributed by atoms with Crippen molar-refractivity contribution in [3.05, 3.63) is 17.9 Å². The van der Waals surface area contributed by atoms with Crippen molar-refractivity contribution in [3.63, 3.8) is 0 Å². The molecule has 1 aliphatic rings. The smallest absolute Gasteiger partial charge is 0.274 e. The first-order valence-corrected chi connectivity index (χ1v) is 9.28. The van der Waals surface area contributed by atoms with Crippen molar-refractivity contribution in [1.29, 1.82) is 0 Å². The third-order valence-electron chi connectivity index (χ3n) is 4.51. The van der Waals surface area contributed by atoms with Gasteiger partial charge >= 0.3 is 0 Å². The minimum atomic E-state index is -3.56. The molecular weight excluding hydrogens is 288 g/mol. The zero-order chi connectivity index (χ0) is 15.5. The molecule has 0 aliphatic heterocycles. The zero-order valence-electron chi connectivity index (χ0n) is 13.1. The molecular formula is C15H26N2O3S. The van der Waals surface area contributed by atoms with Crippen LogP contribution in [0.15, 0.2) is 21.6 Å². The van der Waals surface area contributed by atoms with Crippen LogP contribution in [0.1, 0.15) is 45.8 Å². The first kappa shape index (κ1) is 16.5. The molecule has 0 aromatic carbocycles. The summed E-state index contributed by atoms with van der Waals surface area (Å²) in [6, 6.07) is 3.26. The summed E-state index contributed by atoms with van der Waals surface area (Å²) in [5.74, 6) is 1.63. The van der Waals surface area contributed by atoms with Crippen LogP contribution >= 0.6 is 0 Å². The van der Waals surface area contributed by atoms with Crippen LogP contribution in [0, 0.1) is 11.8 Å². The third kappa shape index (κ3) is 3.87. The monoisotopic (exact) mass is 314 g/mol. The maximum absolute atomic E-state index is 12.4. The molecule has 1 fully saturated rings. The summed E-state index contributed by atoms with van der Waals surface area (Å²) >= 11 is 0. The Balaban J connectivity index is 2.03. The molecule has 0 radical (unpaired) electrons. The van der Waals surface area contributed by atoms with Crippen LogP contribution in [-0.4, -0.2) is 21.0 Å². The molecule has 21 heavy (non-hydrogen) atoms. The Bertz CT molecular complexity index is 553. The molecule has 6 heteroatoms. The van der Waals surface area contributed by atoms with Gasteiger partial charge in [0, 0.05) is 6.04 Å². The first-order chi connectivity index (χ1) is 9.97. The molecule has 0 amide bonds. The summed E-state index contributed by atoms with van der Waals surface area (Å²) in [5, 5.41) is 3.13. The second-order valence-electron chi connectivity index (χ2n) is 5.83. The van der Waals surface area contributed by atoms with E-state index in [0.717, 1.165) is 25.8 Å². The molecule has 0 saturated heterocycles. The van der Waals surface area contributed by atoms with E-state index >= 15 is 0 Å². The molecule has 2 N–H and O–H groups in total. The lowest BCUT2D eigenvalue weighted by atomic mass is 9.94. The Labute approximate surface area is 127 Å². The number of sulfonamides is 1. The summed E-state index contributed by atoms with van der Waals surface area (Å²) in [6.45, 7) is 7.65. The van der Waals surface area contributed by atoms with E-state index in [0.29, 0.717) is 24.1 Å². The number of hydrogen-bond donors (Lipinski definition) is 2. The molecule has 5 nitrogen and oxygen atoms in total. The lowest BCUT2D eigenvalue weighted by Gasteiger charge is -2.20. The number of hydrogen-bond acceptors (Lipinski definition) is 4. The molecule has 1 aliphatic carbocycles. The Kier molecular flexibility index (Phi) is 5.46. The van der Waals surface area contributed by atoms with Gasteiger partial charge in [-0.1, -0.05) is 27.2 Å². The summed E-state index contributed by atoms with van der Waals surface area (Å²) in [7, 11) is -3.56. The summed E-state index contributed by atoms with van der Waals surface area (Å²) < 4.78 is 33.0. The van der Waals surface area contributed by atoms with Crippen molar-refractivity contribution < 1.29 is 12.8 Å². The molecule has 0 spiro atoms. The van der Waals surface area contributed by atoms with Crippen LogP contribution in [-0.2, 0) is 16.6 Å². The quantitative estimate of drug-likeness (QED) is 0.811. The highest BCUT2D eigenvalue weighted by Crippen LogP contribution is 2.34. The van der Waals surface area contributed by atoms with Gasteiger partial charge in [-0.15, -0.1) is 0 Å². The van der Waals surface area contributed by atoms with Gasteiger partial charge in [0.1, 0.15) is 5.76 Å².